The Morgan fingerprint density at radius 3 is 2.00 bits per heavy atom. The fraction of sp³-hybridized carbons (Fsp3) is 0.800. The molecule has 0 aliphatic heterocycles. The number of carbonyl (C=O) groups excluding carboxylic acids is 1. The zero-order valence-corrected chi connectivity index (χ0v) is 7.03. The first-order valence-electron chi connectivity index (χ1n) is 2.73. The molecule has 60 valence electrons. The number of primary amides is 1. The van der Waals surface area contributed by atoms with Gasteiger partial charge in [0.1, 0.15) is 0 Å². The average Bonchev–Trinajstić information content (AvgIpc) is 1.60. The Morgan fingerprint density at radius 1 is 1.50 bits per heavy atom. The Hall–Kier alpha value is -0.580. The van der Waals surface area contributed by atoms with Crippen molar-refractivity contribution < 1.29 is 13.2 Å². The van der Waals surface area contributed by atoms with Crippen LogP contribution in [0.15, 0.2) is 0 Å². The Bertz CT molecular complexity index is 161. The van der Waals surface area contributed by atoms with Gasteiger partial charge in [0.2, 0.25) is 11.1 Å². The highest BCUT2D eigenvalue weighted by molar-refractivity contribution is 7.82. The third kappa shape index (κ3) is 3.45. The zero-order chi connectivity index (χ0) is 8.36. The van der Waals surface area contributed by atoms with E-state index in [4.69, 9.17) is 0 Å². The standard InChI is InChI=1S/C5H11NO3S/c1-5(2,3)10(8)9-4(6)7/h1-3H3,(H2,6,7)/t10-/m1/s1. The molecule has 0 aromatic carbocycles. The zero-order valence-electron chi connectivity index (χ0n) is 6.21. The molecule has 0 radical (unpaired) electrons. The first-order chi connectivity index (χ1) is 4.34. The first kappa shape index (κ1) is 9.42. The largest absolute Gasteiger partial charge is 0.418 e. The summed E-state index contributed by atoms with van der Waals surface area (Å²) in [4.78, 5) is 10.1. The normalized spacial score (nSPS) is 14.3. The second kappa shape index (κ2) is 3.01. The van der Waals surface area contributed by atoms with E-state index in [1.807, 2.05) is 0 Å². The van der Waals surface area contributed by atoms with Gasteiger partial charge in [0.25, 0.3) is 0 Å². The van der Waals surface area contributed by atoms with Crippen molar-refractivity contribution in [3.8, 4) is 0 Å². The van der Waals surface area contributed by atoms with Crippen LogP contribution in [-0.4, -0.2) is 15.0 Å². The van der Waals surface area contributed by atoms with Crippen molar-refractivity contribution in [2.75, 3.05) is 0 Å². The molecule has 0 aromatic heterocycles. The van der Waals surface area contributed by atoms with Gasteiger partial charge in [0.05, 0.1) is 4.75 Å². The molecule has 0 bridgehead atoms. The molecule has 1 atom stereocenters. The maximum absolute atomic E-state index is 10.9. The minimum Gasteiger partial charge on any atom is -0.347 e. The molecule has 0 aliphatic carbocycles. The quantitative estimate of drug-likeness (QED) is 0.616. The molecule has 2 N–H and O–H groups in total. The molecule has 0 fully saturated rings. The van der Waals surface area contributed by atoms with E-state index in [-0.39, 0.29) is 0 Å². The number of rotatable bonds is 1. The summed E-state index contributed by atoms with van der Waals surface area (Å²) in [7, 11) is 0. The second-order valence-electron chi connectivity index (χ2n) is 2.75. The summed E-state index contributed by atoms with van der Waals surface area (Å²) in [5.41, 5.74) is 4.64. The summed E-state index contributed by atoms with van der Waals surface area (Å²) in [6.07, 6.45) is -1.01. The maximum Gasteiger partial charge on any atom is 0.418 e. The molecular weight excluding hydrogens is 154 g/mol. The van der Waals surface area contributed by atoms with Crippen molar-refractivity contribution in [1.82, 2.24) is 0 Å². The van der Waals surface area contributed by atoms with Crippen molar-refractivity contribution in [3.63, 3.8) is 0 Å². The Balaban J connectivity index is 3.99. The molecule has 10 heavy (non-hydrogen) atoms. The molecule has 4 nitrogen and oxygen atoms in total. The fourth-order valence-electron chi connectivity index (χ4n) is 0.200. The smallest absolute Gasteiger partial charge is 0.347 e. The summed E-state index contributed by atoms with van der Waals surface area (Å²) < 4.78 is 14.5. The van der Waals surface area contributed by atoms with Crippen LogP contribution in [0.5, 0.6) is 0 Å². The summed E-state index contributed by atoms with van der Waals surface area (Å²) in [5, 5.41) is 0. The van der Waals surface area contributed by atoms with Crippen LogP contribution in [0, 0.1) is 0 Å². The van der Waals surface area contributed by atoms with Crippen LogP contribution in [0.2, 0.25) is 0 Å². The van der Waals surface area contributed by atoms with Crippen LogP contribution in [0.1, 0.15) is 20.8 Å². The SMILES string of the molecule is CC(C)(C)[S@](=O)OC(N)=O. The minimum absolute atomic E-state index is 0.560. The minimum atomic E-state index is -1.64. The van der Waals surface area contributed by atoms with Gasteiger partial charge in [0, 0.05) is 0 Å². The van der Waals surface area contributed by atoms with Gasteiger partial charge < -0.3 is 9.92 Å². The highest BCUT2D eigenvalue weighted by atomic mass is 32.2. The highest BCUT2D eigenvalue weighted by Crippen LogP contribution is 2.11. The molecule has 0 rings (SSSR count). The second-order valence-corrected chi connectivity index (χ2v) is 4.61. The summed E-state index contributed by atoms with van der Waals surface area (Å²) in [6, 6.07) is 0. The van der Waals surface area contributed by atoms with Crippen LogP contribution < -0.4 is 5.73 Å². The van der Waals surface area contributed by atoms with Crippen molar-refractivity contribution in [3.05, 3.63) is 0 Å². The van der Waals surface area contributed by atoms with Crippen molar-refractivity contribution in [2.24, 2.45) is 5.73 Å². The van der Waals surface area contributed by atoms with Gasteiger partial charge in [-0.25, -0.2) is 9.00 Å². The molecule has 0 aliphatic rings. The van der Waals surface area contributed by atoms with E-state index < -0.39 is 21.9 Å². The number of hydrogen-bond acceptors (Lipinski definition) is 3. The molecule has 0 aromatic rings. The van der Waals surface area contributed by atoms with E-state index in [1.54, 1.807) is 20.8 Å². The summed E-state index contributed by atoms with van der Waals surface area (Å²) >= 11 is -1.64. The van der Waals surface area contributed by atoms with E-state index in [0.717, 1.165) is 0 Å². The average molecular weight is 165 g/mol. The summed E-state index contributed by atoms with van der Waals surface area (Å²) in [5.74, 6) is 0. The molecule has 5 heteroatoms. The van der Waals surface area contributed by atoms with Gasteiger partial charge in [-0.3, -0.25) is 0 Å². The maximum atomic E-state index is 10.9. The van der Waals surface area contributed by atoms with Gasteiger partial charge >= 0.3 is 6.09 Å². The van der Waals surface area contributed by atoms with Crippen molar-refractivity contribution in [1.29, 1.82) is 0 Å². The predicted octanol–water partition coefficient (Wildman–Crippen LogP) is 0.544. The van der Waals surface area contributed by atoms with Gasteiger partial charge in [-0.15, -0.1) is 0 Å². The molecule has 0 saturated heterocycles. The third-order valence-electron chi connectivity index (χ3n) is 0.658. The number of nitrogens with two attached hydrogens (primary N) is 1. The van der Waals surface area contributed by atoms with E-state index in [2.05, 4.69) is 9.92 Å². The van der Waals surface area contributed by atoms with E-state index in [0.29, 0.717) is 0 Å². The molecule has 0 spiro atoms. The Morgan fingerprint density at radius 2 is 1.90 bits per heavy atom. The van der Waals surface area contributed by atoms with Gasteiger partial charge in [-0.05, 0) is 20.8 Å². The first-order valence-corrected chi connectivity index (χ1v) is 3.81. The van der Waals surface area contributed by atoms with Gasteiger partial charge in [-0.2, -0.15) is 0 Å². The van der Waals surface area contributed by atoms with Crippen LogP contribution in [0.3, 0.4) is 0 Å². The summed E-state index contributed by atoms with van der Waals surface area (Å²) in [6.45, 7) is 5.06. The lowest BCUT2D eigenvalue weighted by atomic mass is 10.3. The molecule has 0 unspecified atom stereocenters. The van der Waals surface area contributed by atoms with E-state index in [1.165, 1.54) is 0 Å². The van der Waals surface area contributed by atoms with Crippen molar-refractivity contribution >= 4 is 17.2 Å². The number of carbonyl (C=O) groups is 1. The lowest BCUT2D eigenvalue weighted by Crippen LogP contribution is -2.28. The van der Waals surface area contributed by atoms with Crippen LogP contribution >= 0.6 is 0 Å². The Kier molecular flexibility index (Phi) is 2.83. The van der Waals surface area contributed by atoms with Gasteiger partial charge in [0.15, 0.2) is 0 Å². The van der Waals surface area contributed by atoms with Crippen LogP contribution in [0.25, 0.3) is 0 Å². The monoisotopic (exact) mass is 165 g/mol. The highest BCUT2D eigenvalue weighted by Gasteiger charge is 2.22. The number of amides is 1. The van der Waals surface area contributed by atoms with E-state index in [9.17, 15) is 9.00 Å². The van der Waals surface area contributed by atoms with Crippen molar-refractivity contribution in [2.45, 2.75) is 25.5 Å². The third-order valence-corrected chi connectivity index (χ3v) is 1.97. The van der Waals surface area contributed by atoms with Gasteiger partial charge in [-0.1, -0.05) is 0 Å². The van der Waals surface area contributed by atoms with Crippen LogP contribution in [-0.2, 0) is 15.3 Å². The molecule has 0 heterocycles. The molecule has 0 saturated carbocycles. The molecule has 1 amide bonds. The number of hydrogen-bond donors (Lipinski definition) is 1. The fourth-order valence-corrected chi connectivity index (χ4v) is 0.599. The van der Waals surface area contributed by atoms with Crippen LogP contribution in [0.4, 0.5) is 4.79 Å². The van der Waals surface area contributed by atoms with E-state index >= 15 is 0 Å². The lowest BCUT2D eigenvalue weighted by molar-refractivity contribution is 0.214. The molecular formula is C5H11NO3S. The predicted molar refractivity (Wildman–Crippen MR) is 38.6 cm³/mol. The Labute approximate surface area is 62.4 Å². The lowest BCUT2D eigenvalue weighted by Gasteiger charge is -2.14. The topological polar surface area (TPSA) is 69.4 Å².